The van der Waals surface area contributed by atoms with Gasteiger partial charge >= 0.3 is 6.03 Å². The van der Waals surface area contributed by atoms with Gasteiger partial charge < -0.3 is 24.6 Å². The van der Waals surface area contributed by atoms with Crippen LogP contribution in [0.4, 0.5) is 10.5 Å². The average molecular weight is 644 g/mol. The number of aliphatic hydroxyl groups excluding tert-OH is 1. The fourth-order valence-electron chi connectivity index (χ4n) is 5.91. The number of unbranched alkanes of at least 4 members (excludes halogenated alkanes) is 4. The summed E-state index contributed by atoms with van der Waals surface area (Å²) in [7, 11) is 0. The molecule has 3 aromatic carbocycles. The summed E-state index contributed by atoms with van der Waals surface area (Å²) >= 11 is 0. The maximum atomic E-state index is 13.0. The van der Waals surface area contributed by atoms with Gasteiger partial charge in [0.2, 0.25) is 5.79 Å². The van der Waals surface area contributed by atoms with Crippen molar-refractivity contribution in [3.8, 4) is 5.75 Å². The SMILES string of the molecule is CC1(C)OCc2cc([C@@H](O)CNCCCCCCOCCCCc3cccc(N4CC(=O)N(Cc5ccccc5)C4=O)c3)ccc2O1. The van der Waals surface area contributed by atoms with Gasteiger partial charge in [0.05, 0.1) is 19.3 Å². The van der Waals surface area contributed by atoms with Crippen molar-refractivity contribution in [1.29, 1.82) is 0 Å². The summed E-state index contributed by atoms with van der Waals surface area (Å²) in [6, 6.07) is 23.1. The fourth-order valence-corrected chi connectivity index (χ4v) is 5.91. The van der Waals surface area contributed by atoms with Gasteiger partial charge in [0, 0.05) is 44.9 Å². The third kappa shape index (κ3) is 10.1. The monoisotopic (exact) mass is 643 g/mol. The molecule has 252 valence electrons. The van der Waals surface area contributed by atoms with Crippen molar-refractivity contribution < 1.29 is 28.9 Å². The van der Waals surface area contributed by atoms with Crippen LogP contribution in [-0.2, 0) is 33.8 Å². The molecular weight excluding hydrogens is 594 g/mol. The van der Waals surface area contributed by atoms with Gasteiger partial charge in [0.1, 0.15) is 12.3 Å². The van der Waals surface area contributed by atoms with Crippen LogP contribution in [0, 0.1) is 0 Å². The molecule has 0 bridgehead atoms. The molecule has 2 aliphatic rings. The van der Waals surface area contributed by atoms with Gasteiger partial charge in [-0.15, -0.1) is 0 Å². The van der Waals surface area contributed by atoms with Crippen LogP contribution < -0.4 is 15.0 Å². The van der Waals surface area contributed by atoms with Crippen LogP contribution >= 0.6 is 0 Å². The van der Waals surface area contributed by atoms with Crippen LogP contribution in [0.1, 0.15) is 80.7 Å². The number of ether oxygens (including phenoxy) is 3. The molecule has 0 aliphatic carbocycles. The second kappa shape index (κ2) is 16.9. The van der Waals surface area contributed by atoms with Gasteiger partial charge in [-0.25, -0.2) is 4.79 Å². The number of benzene rings is 3. The van der Waals surface area contributed by atoms with E-state index in [1.165, 1.54) is 4.90 Å². The average Bonchev–Trinajstić information content (AvgIpc) is 3.35. The van der Waals surface area contributed by atoms with Crippen LogP contribution in [0.3, 0.4) is 0 Å². The summed E-state index contributed by atoms with van der Waals surface area (Å²) in [5, 5.41) is 14.0. The number of anilines is 1. The minimum absolute atomic E-state index is 0.0735. The smallest absolute Gasteiger partial charge is 0.332 e. The molecule has 3 amide bonds. The predicted molar refractivity (Wildman–Crippen MR) is 182 cm³/mol. The second-order valence-electron chi connectivity index (χ2n) is 12.9. The van der Waals surface area contributed by atoms with E-state index in [-0.39, 0.29) is 18.5 Å². The number of fused-ring (bicyclic) bond motifs is 1. The lowest BCUT2D eigenvalue weighted by atomic mass is 10.0. The van der Waals surface area contributed by atoms with Crippen molar-refractivity contribution in [2.75, 3.05) is 37.7 Å². The molecule has 0 unspecified atom stereocenters. The number of imide groups is 1. The Hall–Kier alpha value is -3.76. The third-order valence-electron chi connectivity index (χ3n) is 8.60. The Bertz CT molecular complexity index is 1460. The second-order valence-corrected chi connectivity index (χ2v) is 12.9. The maximum Gasteiger partial charge on any atom is 0.332 e. The lowest BCUT2D eigenvalue weighted by molar-refractivity contribution is -0.180. The van der Waals surface area contributed by atoms with Crippen molar-refractivity contribution in [2.24, 2.45) is 0 Å². The lowest BCUT2D eigenvalue weighted by Gasteiger charge is -2.33. The Kier molecular flexibility index (Phi) is 12.4. The number of carbonyl (C=O) groups excluding carboxylic acids is 2. The lowest BCUT2D eigenvalue weighted by Crippen LogP contribution is -2.35. The molecule has 0 saturated carbocycles. The zero-order valence-electron chi connectivity index (χ0n) is 27.8. The summed E-state index contributed by atoms with van der Waals surface area (Å²) in [5.74, 6) is 0.0261. The number of rotatable bonds is 18. The summed E-state index contributed by atoms with van der Waals surface area (Å²) < 4.78 is 17.4. The molecule has 9 nitrogen and oxygen atoms in total. The largest absolute Gasteiger partial charge is 0.463 e. The van der Waals surface area contributed by atoms with Crippen molar-refractivity contribution in [3.05, 3.63) is 95.1 Å². The number of hydrogen-bond donors (Lipinski definition) is 2. The molecule has 1 fully saturated rings. The Morgan fingerprint density at radius 2 is 1.66 bits per heavy atom. The first-order valence-electron chi connectivity index (χ1n) is 17.0. The van der Waals surface area contributed by atoms with Gasteiger partial charge in [0.15, 0.2) is 0 Å². The Labute approximate surface area is 278 Å². The molecule has 0 radical (unpaired) electrons. The zero-order chi connectivity index (χ0) is 33.1. The molecule has 47 heavy (non-hydrogen) atoms. The molecule has 1 atom stereocenters. The first-order valence-corrected chi connectivity index (χ1v) is 17.0. The molecule has 3 aromatic rings. The van der Waals surface area contributed by atoms with E-state index < -0.39 is 11.9 Å². The first kappa shape index (κ1) is 34.6. The van der Waals surface area contributed by atoms with Crippen molar-refractivity contribution >= 4 is 17.6 Å². The first-order chi connectivity index (χ1) is 22.8. The summed E-state index contributed by atoms with van der Waals surface area (Å²) in [6.45, 7) is 7.55. The van der Waals surface area contributed by atoms with Crippen LogP contribution in [0.2, 0.25) is 0 Å². The van der Waals surface area contributed by atoms with E-state index in [2.05, 4.69) is 11.4 Å². The van der Waals surface area contributed by atoms with E-state index in [0.29, 0.717) is 19.7 Å². The van der Waals surface area contributed by atoms with Crippen LogP contribution in [0.25, 0.3) is 0 Å². The van der Waals surface area contributed by atoms with Gasteiger partial charge in [0.25, 0.3) is 5.91 Å². The molecule has 1 saturated heterocycles. The highest BCUT2D eigenvalue weighted by atomic mass is 16.7. The number of nitrogens with one attached hydrogen (secondary N) is 1. The highest BCUT2D eigenvalue weighted by Crippen LogP contribution is 2.33. The molecule has 2 aliphatic heterocycles. The molecular formula is C38H49N3O6. The highest BCUT2D eigenvalue weighted by molar-refractivity contribution is 6.12. The molecule has 5 rings (SSSR count). The number of carbonyl (C=O) groups is 2. The quantitative estimate of drug-likeness (QED) is 0.120. The summed E-state index contributed by atoms with van der Waals surface area (Å²) in [4.78, 5) is 28.5. The van der Waals surface area contributed by atoms with Gasteiger partial charge in [-0.05, 0) is 79.6 Å². The number of amides is 3. The van der Waals surface area contributed by atoms with Crippen molar-refractivity contribution in [1.82, 2.24) is 10.2 Å². The van der Waals surface area contributed by atoms with E-state index in [1.807, 2.05) is 80.6 Å². The molecule has 0 aromatic heterocycles. The minimum Gasteiger partial charge on any atom is -0.463 e. The van der Waals surface area contributed by atoms with Crippen LogP contribution in [0.15, 0.2) is 72.8 Å². The van der Waals surface area contributed by atoms with E-state index in [9.17, 15) is 14.7 Å². The van der Waals surface area contributed by atoms with E-state index in [0.717, 1.165) is 98.4 Å². The summed E-state index contributed by atoms with van der Waals surface area (Å²) in [6.07, 6.45) is 6.67. The van der Waals surface area contributed by atoms with E-state index in [4.69, 9.17) is 14.2 Å². The molecule has 9 heteroatoms. The van der Waals surface area contributed by atoms with Gasteiger partial charge in [-0.2, -0.15) is 0 Å². The Morgan fingerprint density at radius 3 is 2.49 bits per heavy atom. The number of urea groups is 1. The number of hydrogen-bond acceptors (Lipinski definition) is 7. The third-order valence-corrected chi connectivity index (χ3v) is 8.60. The normalized spacial score (nSPS) is 16.3. The molecule has 0 spiro atoms. The maximum absolute atomic E-state index is 13.0. The van der Waals surface area contributed by atoms with Crippen LogP contribution in [-0.4, -0.2) is 60.6 Å². The number of nitrogens with zero attached hydrogens (tertiary/aromatic N) is 2. The van der Waals surface area contributed by atoms with Crippen LogP contribution in [0.5, 0.6) is 5.75 Å². The Morgan fingerprint density at radius 1 is 0.894 bits per heavy atom. The molecule has 2 N–H and O–H groups in total. The number of aliphatic hydroxyl groups is 1. The van der Waals surface area contributed by atoms with E-state index in [1.54, 1.807) is 4.90 Å². The standard InChI is InChI=1S/C38H49N3O6/c1-38(2)46-28-32-24-31(18-19-35(32)47-38)34(42)25-39-20-9-3-4-10-21-45-22-11-8-13-29-16-12-17-33(23-29)40-27-36(43)41(37(40)44)26-30-14-6-5-7-15-30/h5-7,12,14-19,23-24,34,39,42H,3-4,8-11,13,20-22,25-28H2,1-2H3/t34-/m0/s1. The Balaban J connectivity index is 0.882. The zero-order valence-corrected chi connectivity index (χ0v) is 27.8. The van der Waals surface area contributed by atoms with Gasteiger partial charge in [-0.1, -0.05) is 61.4 Å². The van der Waals surface area contributed by atoms with Crippen molar-refractivity contribution in [3.63, 3.8) is 0 Å². The summed E-state index contributed by atoms with van der Waals surface area (Å²) in [5.41, 5.74) is 4.70. The topological polar surface area (TPSA) is 101 Å². The van der Waals surface area contributed by atoms with Crippen molar-refractivity contribution in [2.45, 2.75) is 83.8 Å². The highest BCUT2D eigenvalue weighted by Gasteiger charge is 2.36. The molecule has 2 heterocycles. The minimum atomic E-state index is -0.619. The van der Waals surface area contributed by atoms with Gasteiger partial charge in [-0.3, -0.25) is 14.6 Å². The predicted octanol–water partition coefficient (Wildman–Crippen LogP) is 6.52. The fraction of sp³-hybridized carbons (Fsp3) is 0.474. The number of aryl methyl sites for hydroxylation is 1. The van der Waals surface area contributed by atoms with E-state index >= 15 is 0 Å².